The minimum atomic E-state index is -4.76. The standard InChI is InChI=1S/C7H2Cl2F3O/c8-4-1-2-6(5(9)3-4)13-7(10,11)12/h1-2H. The van der Waals surface area contributed by atoms with E-state index in [1.54, 1.807) is 0 Å². The van der Waals surface area contributed by atoms with Crippen molar-refractivity contribution in [2.24, 2.45) is 0 Å². The topological polar surface area (TPSA) is 9.23 Å². The van der Waals surface area contributed by atoms with Crippen LogP contribution in [0.5, 0.6) is 5.75 Å². The Kier molecular flexibility index (Phi) is 2.93. The number of ether oxygens (including phenoxy) is 1. The zero-order chi connectivity index (χ0) is 10.1. The third kappa shape index (κ3) is 3.32. The van der Waals surface area contributed by atoms with Crippen LogP contribution >= 0.6 is 23.2 Å². The zero-order valence-electron chi connectivity index (χ0n) is 5.95. The Labute approximate surface area is 82.0 Å². The van der Waals surface area contributed by atoms with Crippen LogP contribution in [0.4, 0.5) is 13.2 Å². The van der Waals surface area contributed by atoms with Gasteiger partial charge in [-0.05, 0) is 12.1 Å². The molecule has 6 heteroatoms. The molecule has 0 unspecified atom stereocenters. The van der Waals surface area contributed by atoms with E-state index in [1.165, 1.54) is 6.07 Å². The monoisotopic (exact) mass is 229 g/mol. The quantitative estimate of drug-likeness (QED) is 0.714. The Morgan fingerprint density at radius 3 is 2.31 bits per heavy atom. The molecule has 1 aromatic rings. The molecule has 0 aliphatic carbocycles. The van der Waals surface area contributed by atoms with Crippen LogP contribution in [0.25, 0.3) is 0 Å². The van der Waals surface area contributed by atoms with Gasteiger partial charge in [0.2, 0.25) is 0 Å². The van der Waals surface area contributed by atoms with Crippen LogP contribution in [0.15, 0.2) is 12.1 Å². The highest BCUT2D eigenvalue weighted by atomic mass is 35.5. The fraction of sp³-hybridized carbons (Fsp3) is 0.143. The van der Waals surface area contributed by atoms with E-state index in [4.69, 9.17) is 23.2 Å². The van der Waals surface area contributed by atoms with Crippen LogP contribution in [0.2, 0.25) is 10.0 Å². The highest BCUT2D eigenvalue weighted by molar-refractivity contribution is 6.35. The van der Waals surface area contributed by atoms with E-state index in [0.29, 0.717) is 0 Å². The van der Waals surface area contributed by atoms with E-state index in [-0.39, 0.29) is 10.0 Å². The van der Waals surface area contributed by atoms with Crippen LogP contribution in [-0.4, -0.2) is 6.36 Å². The smallest absolute Gasteiger partial charge is 0.404 e. The van der Waals surface area contributed by atoms with Crippen molar-refractivity contribution in [1.29, 1.82) is 0 Å². The average molecular weight is 230 g/mol. The molecule has 1 nitrogen and oxygen atoms in total. The van der Waals surface area contributed by atoms with Crippen molar-refractivity contribution in [3.8, 4) is 5.75 Å². The van der Waals surface area contributed by atoms with Crippen LogP contribution < -0.4 is 4.74 Å². The molecule has 0 aliphatic rings. The summed E-state index contributed by atoms with van der Waals surface area (Å²) >= 11 is 10.8. The van der Waals surface area contributed by atoms with Gasteiger partial charge in [-0.2, -0.15) is 0 Å². The maximum Gasteiger partial charge on any atom is 0.573 e. The molecule has 0 fully saturated rings. The van der Waals surface area contributed by atoms with Crippen LogP contribution in [0.3, 0.4) is 0 Å². The lowest BCUT2D eigenvalue weighted by Crippen LogP contribution is -2.17. The van der Waals surface area contributed by atoms with Crippen molar-refractivity contribution in [2.45, 2.75) is 6.36 Å². The molecule has 71 valence electrons. The summed E-state index contributed by atoms with van der Waals surface area (Å²) in [6, 6.07) is 4.49. The molecule has 0 amide bonds. The first-order chi connectivity index (χ1) is 5.88. The van der Waals surface area contributed by atoms with E-state index >= 15 is 0 Å². The molecule has 0 aromatic heterocycles. The molecule has 0 heterocycles. The average Bonchev–Trinajstić information content (AvgIpc) is 1.93. The van der Waals surface area contributed by atoms with Crippen molar-refractivity contribution in [2.75, 3.05) is 0 Å². The third-order valence-corrected chi connectivity index (χ3v) is 1.55. The molecule has 1 aromatic carbocycles. The molecule has 0 saturated heterocycles. The highest BCUT2D eigenvalue weighted by Crippen LogP contribution is 2.31. The van der Waals surface area contributed by atoms with Gasteiger partial charge in [-0.1, -0.05) is 23.2 Å². The van der Waals surface area contributed by atoms with Gasteiger partial charge in [0.25, 0.3) is 0 Å². The fourth-order valence-corrected chi connectivity index (χ4v) is 1.04. The molecule has 0 aliphatic heterocycles. The molecule has 0 spiro atoms. The predicted molar refractivity (Wildman–Crippen MR) is 42.0 cm³/mol. The number of rotatable bonds is 1. The number of hydrogen-bond donors (Lipinski definition) is 0. The van der Waals surface area contributed by atoms with Crippen LogP contribution in [-0.2, 0) is 0 Å². The van der Waals surface area contributed by atoms with E-state index < -0.39 is 12.1 Å². The zero-order valence-corrected chi connectivity index (χ0v) is 7.46. The number of benzene rings is 1. The molecule has 0 N–H and O–H groups in total. The van der Waals surface area contributed by atoms with Crippen molar-refractivity contribution in [3.63, 3.8) is 0 Å². The second-order valence-corrected chi connectivity index (χ2v) is 2.82. The third-order valence-electron chi connectivity index (χ3n) is 1.05. The van der Waals surface area contributed by atoms with E-state index in [9.17, 15) is 13.2 Å². The first-order valence-electron chi connectivity index (χ1n) is 3.01. The van der Waals surface area contributed by atoms with Gasteiger partial charge in [-0.15, -0.1) is 13.2 Å². The first kappa shape index (κ1) is 10.5. The number of hydrogen-bond acceptors (Lipinski definition) is 1. The van der Waals surface area contributed by atoms with Gasteiger partial charge in [-0.3, -0.25) is 0 Å². The summed E-state index contributed by atoms with van der Waals surface area (Å²) in [5.41, 5.74) is 0. The molecular weight excluding hydrogens is 228 g/mol. The van der Waals surface area contributed by atoms with Gasteiger partial charge in [0.15, 0.2) is 0 Å². The van der Waals surface area contributed by atoms with Gasteiger partial charge in [0, 0.05) is 6.07 Å². The molecule has 0 bridgehead atoms. The minimum Gasteiger partial charge on any atom is -0.404 e. The van der Waals surface area contributed by atoms with Crippen molar-refractivity contribution >= 4 is 23.2 Å². The first-order valence-corrected chi connectivity index (χ1v) is 3.77. The second kappa shape index (κ2) is 3.64. The van der Waals surface area contributed by atoms with Gasteiger partial charge in [0.1, 0.15) is 5.75 Å². The maximum atomic E-state index is 11.7. The summed E-state index contributed by atoms with van der Waals surface area (Å²) in [5.74, 6) is -0.515. The molecule has 0 atom stereocenters. The van der Waals surface area contributed by atoms with Gasteiger partial charge in [-0.25, -0.2) is 0 Å². The van der Waals surface area contributed by atoms with Crippen molar-refractivity contribution in [1.82, 2.24) is 0 Å². The van der Waals surface area contributed by atoms with E-state index in [2.05, 4.69) is 10.8 Å². The van der Waals surface area contributed by atoms with Gasteiger partial charge < -0.3 is 4.74 Å². The minimum absolute atomic E-state index is 0.125. The SMILES string of the molecule is FC(F)(F)Oc1ccc(Cl)[c]c1Cl. The second-order valence-electron chi connectivity index (χ2n) is 2.03. The Balaban J connectivity index is 2.90. The summed E-state index contributed by atoms with van der Waals surface area (Å²) in [5, 5.41) is -0.177. The summed E-state index contributed by atoms with van der Waals surface area (Å²) < 4.78 is 38.6. The van der Waals surface area contributed by atoms with Gasteiger partial charge in [0.05, 0.1) is 10.0 Å². The maximum absolute atomic E-state index is 11.7. The van der Waals surface area contributed by atoms with E-state index in [1.807, 2.05) is 0 Å². The molecule has 0 saturated carbocycles. The molecule has 1 radical (unpaired) electrons. The molecular formula is C7H2Cl2F3O. The molecule has 13 heavy (non-hydrogen) atoms. The normalized spacial score (nSPS) is 11.5. The Hall–Kier alpha value is -0.610. The number of alkyl halides is 3. The highest BCUT2D eigenvalue weighted by Gasteiger charge is 2.31. The Bertz CT molecular complexity index is 311. The van der Waals surface area contributed by atoms with E-state index in [0.717, 1.165) is 6.07 Å². The predicted octanol–water partition coefficient (Wildman–Crippen LogP) is 3.69. The molecule has 1 rings (SSSR count). The largest absolute Gasteiger partial charge is 0.573 e. The fourth-order valence-electron chi connectivity index (χ4n) is 0.634. The van der Waals surface area contributed by atoms with Crippen LogP contribution in [0.1, 0.15) is 0 Å². The summed E-state index contributed by atoms with van der Waals surface area (Å²) in [6.45, 7) is 0. The lowest BCUT2D eigenvalue weighted by Gasteiger charge is -2.09. The Morgan fingerprint density at radius 2 is 1.85 bits per heavy atom. The summed E-state index contributed by atoms with van der Waals surface area (Å²) in [7, 11) is 0. The van der Waals surface area contributed by atoms with Gasteiger partial charge >= 0.3 is 6.36 Å². The number of halogens is 5. The summed E-state index contributed by atoms with van der Waals surface area (Å²) in [4.78, 5) is 0. The van der Waals surface area contributed by atoms with Crippen molar-refractivity contribution in [3.05, 3.63) is 28.2 Å². The van der Waals surface area contributed by atoms with Crippen molar-refractivity contribution < 1.29 is 17.9 Å². The summed E-state index contributed by atoms with van der Waals surface area (Å²) in [6.07, 6.45) is -4.76. The van der Waals surface area contributed by atoms with Crippen LogP contribution in [0, 0.1) is 6.07 Å². The lowest BCUT2D eigenvalue weighted by atomic mass is 10.3. The Morgan fingerprint density at radius 1 is 1.23 bits per heavy atom. The lowest BCUT2D eigenvalue weighted by molar-refractivity contribution is -0.274.